The Labute approximate surface area is 84.0 Å². The van der Waals surface area contributed by atoms with E-state index >= 15 is 0 Å². The molecule has 1 unspecified atom stereocenters. The first kappa shape index (κ1) is 10.7. The van der Waals surface area contributed by atoms with E-state index in [1.165, 1.54) is 43.0 Å². The molecule has 0 N–H and O–H groups in total. The monoisotopic (exact) mass is 194 g/mol. The lowest BCUT2D eigenvalue weighted by Crippen LogP contribution is -1.86. The van der Waals surface area contributed by atoms with Gasteiger partial charge in [0, 0.05) is 0 Å². The summed E-state index contributed by atoms with van der Waals surface area (Å²) in [5.74, 6) is 0. The number of aryl methyl sites for hydroxylation is 2. The van der Waals surface area contributed by atoms with Gasteiger partial charge in [0.1, 0.15) is 0 Å². The lowest BCUT2D eigenvalue weighted by atomic mass is 10.1. The molecule has 0 amide bonds. The first-order chi connectivity index (χ1) is 6.33. The van der Waals surface area contributed by atoms with Crippen molar-refractivity contribution in [1.82, 2.24) is 0 Å². The largest absolute Gasteiger partial charge is 0.138 e. The van der Waals surface area contributed by atoms with Gasteiger partial charge in [0.2, 0.25) is 0 Å². The van der Waals surface area contributed by atoms with Crippen molar-refractivity contribution in [3.8, 4) is 0 Å². The number of hydrogen-bond donors (Lipinski definition) is 0. The van der Waals surface area contributed by atoms with Crippen molar-refractivity contribution in [2.24, 2.45) is 0 Å². The molecule has 0 aliphatic carbocycles. The third-order valence-corrected chi connectivity index (χ3v) is 2.66. The van der Waals surface area contributed by atoms with E-state index in [0.29, 0.717) is 0 Å². The quantitative estimate of drug-likeness (QED) is 0.496. The molecular formula is C12H19P. The van der Waals surface area contributed by atoms with Crippen LogP contribution in [0.1, 0.15) is 30.4 Å². The van der Waals surface area contributed by atoms with E-state index in [1.54, 1.807) is 0 Å². The zero-order valence-corrected chi connectivity index (χ0v) is 9.58. The molecule has 0 spiro atoms. The second-order valence-electron chi connectivity index (χ2n) is 3.59. The van der Waals surface area contributed by atoms with Gasteiger partial charge in [0.25, 0.3) is 0 Å². The number of hydrogen-bond acceptors (Lipinski definition) is 0. The molecule has 1 aromatic rings. The fraction of sp³-hybridized carbons (Fsp3) is 0.500. The minimum Gasteiger partial charge on any atom is -0.138 e. The smallest absolute Gasteiger partial charge is 0.0279 e. The molecule has 0 fully saturated rings. The van der Waals surface area contributed by atoms with Gasteiger partial charge in [-0.1, -0.05) is 36.2 Å². The van der Waals surface area contributed by atoms with Gasteiger partial charge in [-0.3, -0.25) is 0 Å². The topological polar surface area (TPSA) is 0 Å². The van der Waals surface area contributed by atoms with Gasteiger partial charge in [-0.05, 0) is 37.9 Å². The van der Waals surface area contributed by atoms with Crippen LogP contribution in [-0.2, 0) is 6.42 Å². The highest BCUT2D eigenvalue weighted by molar-refractivity contribution is 7.16. The predicted octanol–water partition coefficient (Wildman–Crippen LogP) is 3.58. The Bertz CT molecular complexity index is 243. The Morgan fingerprint density at radius 1 is 1.15 bits per heavy atom. The number of rotatable bonds is 5. The highest BCUT2D eigenvalue weighted by Gasteiger charge is 1.93. The summed E-state index contributed by atoms with van der Waals surface area (Å²) in [4.78, 5) is 0. The molecule has 0 nitrogen and oxygen atoms in total. The standard InChI is InChI=1S/C12H19P/c1-11-6-5-8-12(10-11)7-3-2-4-9-13/h5-6,8,10H,2-4,7,9,13H2,1H3. The zero-order chi connectivity index (χ0) is 9.52. The molecule has 0 aromatic heterocycles. The lowest BCUT2D eigenvalue weighted by Gasteiger charge is -2.01. The van der Waals surface area contributed by atoms with E-state index in [0.717, 1.165) is 0 Å². The van der Waals surface area contributed by atoms with Crippen LogP contribution < -0.4 is 0 Å². The highest BCUT2D eigenvalue weighted by Crippen LogP contribution is 2.09. The van der Waals surface area contributed by atoms with Gasteiger partial charge in [0.05, 0.1) is 0 Å². The molecule has 0 radical (unpaired) electrons. The average Bonchev–Trinajstić information content (AvgIpc) is 2.13. The third-order valence-electron chi connectivity index (χ3n) is 2.25. The van der Waals surface area contributed by atoms with Crippen molar-refractivity contribution in [1.29, 1.82) is 0 Å². The summed E-state index contributed by atoms with van der Waals surface area (Å²) in [6, 6.07) is 8.83. The summed E-state index contributed by atoms with van der Waals surface area (Å²) >= 11 is 0. The van der Waals surface area contributed by atoms with Crippen LogP contribution in [0.4, 0.5) is 0 Å². The van der Waals surface area contributed by atoms with Crippen LogP contribution in [0.5, 0.6) is 0 Å². The molecular weight excluding hydrogens is 175 g/mol. The molecule has 13 heavy (non-hydrogen) atoms. The normalized spacial score (nSPS) is 10.3. The number of benzene rings is 1. The zero-order valence-electron chi connectivity index (χ0n) is 8.42. The molecule has 0 heterocycles. The maximum atomic E-state index is 2.79. The van der Waals surface area contributed by atoms with Crippen molar-refractivity contribution in [2.45, 2.75) is 32.6 Å². The van der Waals surface area contributed by atoms with Crippen molar-refractivity contribution < 1.29 is 0 Å². The summed E-state index contributed by atoms with van der Waals surface area (Å²) < 4.78 is 0. The first-order valence-corrected chi connectivity index (χ1v) is 5.90. The van der Waals surface area contributed by atoms with Gasteiger partial charge >= 0.3 is 0 Å². The maximum absolute atomic E-state index is 2.79. The van der Waals surface area contributed by atoms with Gasteiger partial charge in [0.15, 0.2) is 0 Å². The molecule has 0 bridgehead atoms. The Morgan fingerprint density at radius 3 is 2.69 bits per heavy atom. The summed E-state index contributed by atoms with van der Waals surface area (Å²) in [5.41, 5.74) is 2.87. The van der Waals surface area contributed by atoms with Gasteiger partial charge in [-0.2, -0.15) is 0 Å². The molecule has 0 saturated heterocycles. The lowest BCUT2D eigenvalue weighted by molar-refractivity contribution is 0.722. The Hall–Kier alpha value is -0.350. The molecule has 1 heteroatoms. The van der Waals surface area contributed by atoms with Gasteiger partial charge < -0.3 is 0 Å². The van der Waals surface area contributed by atoms with E-state index in [2.05, 4.69) is 40.4 Å². The fourth-order valence-corrected chi connectivity index (χ4v) is 1.81. The third kappa shape index (κ3) is 4.43. The van der Waals surface area contributed by atoms with Gasteiger partial charge in [-0.15, -0.1) is 9.24 Å². The van der Waals surface area contributed by atoms with E-state index in [1.807, 2.05) is 0 Å². The SMILES string of the molecule is Cc1cccc(CCCCCP)c1. The summed E-state index contributed by atoms with van der Waals surface area (Å²) in [7, 11) is 2.79. The van der Waals surface area contributed by atoms with Crippen LogP contribution >= 0.6 is 9.24 Å². The molecule has 72 valence electrons. The molecule has 0 aliphatic heterocycles. The van der Waals surface area contributed by atoms with E-state index in [-0.39, 0.29) is 0 Å². The average molecular weight is 194 g/mol. The van der Waals surface area contributed by atoms with Crippen LogP contribution in [0, 0.1) is 6.92 Å². The fourth-order valence-electron chi connectivity index (χ4n) is 1.52. The van der Waals surface area contributed by atoms with Crippen molar-refractivity contribution in [3.05, 3.63) is 35.4 Å². The second kappa shape index (κ2) is 6.16. The summed E-state index contributed by atoms with van der Waals surface area (Å²) in [6.07, 6.45) is 6.52. The Balaban J connectivity index is 2.28. The van der Waals surface area contributed by atoms with Crippen LogP contribution in [0.3, 0.4) is 0 Å². The second-order valence-corrected chi connectivity index (χ2v) is 4.17. The van der Waals surface area contributed by atoms with Crippen molar-refractivity contribution in [3.63, 3.8) is 0 Å². The Morgan fingerprint density at radius 2 is 2.00 bits per heavy atom. The molecule has 1 rings (SSSR count). The Kier molecular flexibility index (Phi) is 5.08. The maximum Gasteiger partial charge on any atom is -0.0279 e. The van der Waals surface area contributed by atoms with Gasteiger partial charge in [-0.25, -0.2) is 0 Å². The first-order valence-electron chi connectivity index (χ1n) is 5.08. The van der Waals surface area contributed by atoms with Crippen LogP contribution in [-0.4, -0.2) is 6.16 Å². The summed E-state index contributed by atoms with van der Waals surface area (Å²) in [5, 5.41) is 0. The van der Waals surface area contributed by atoms with Crippen LogP contribution in [0.2, 0.25) is 0 Å². The van der Waals surface area contributed by atoms with E-state index in [4.69, 9.17) is 0 Å². The highest BCUT2D eigenvalue weighted by atomic mass is 31.0. The van der Waals surface area contributed by atoms with Crippen molar-refractivity contribution in [2.75, 3.05) is 6.16 Å². The molecule has 1 atom stereocenters. The minimum atomic E-state index is 1.24. The van der Waals surface area contributed by atoms with E-state index in [9.17, 15) is 0 Å². The van der Waals surface area contributed by atoms with Crippen molar-refractivity contribution >= 4 is 9.24 Å². The van der Waals surface area contributed by atoms with E-state index < -0.39 is 0 Å². The van der Waals surface area contributed by atoms with Crippen LogP contribution in [0.25, 0.3) is 0 Å². The summed E-state index contributed by atoms with van der Waals surface area (Å²) in [6.45, 7) is 2.16. The molecule has 0 saturated carbocycles. The van der Waals surface area contributed by atoms with Crippen LogP contribution in [0.15, 0.2) is 24.3 Å². The number of unbranched alkanes of at least 4 members (excludes halogenated alkanes) is 2. The minimum absolute atomic E-state index is 1.24. The predicted molar refractivity (Wildman–Crippen MR) is 63.3 cm³/mol. The molecule has 0 aliphatic rings. The molecule has 1 aromatic carbocycles.